The summed E-state index contributed by atoms with van der Waals surface area (Å²) in [6, 6.07) is 0. The van der Waals surface area contributed by atoms with Gasteiger partial charge in [-0.15, -0.1) is 0 Å². The summed E-state index contributed by atoms with van der Waals surface area (Å²) >= 11 is 0. The molecule has 0 amide bonds. The largest absolute Gasteiger partial charge is 0.457 e. The number of allylic oxidation sites excluding steroid dienone is 3. The van der Waals surface area contributed by atoms with E-state index in [1.165, 1.54) is 0 Å². The lowest BCUT2D eigenvalue weighted by atomic mass is 9.95. The lowest BCUT2D eigenvalue weighted by Gasteiger charge is -2.27. The van der Waals surface area contributed by atoms with E-state index < -0.39 is 47.3 Å². The van der Waals surface area contributed by atoms with Gasteiger partial charge in [-0.2, -0.15) is 43.9 Å². The number of rotatable bonds is 4. The predicted octanol–water partition coefficient (Wildman–Crippen LogP) is 5.42. The quantitative estimate of drug-likeness (QED) is 0.477. The standard InChI is InChI=1S/C11H8F10/c1-5(8(12,13)10(16,17)18)4-7(6-2-3-6)9(14,15)11(19,20)21/h1-4H2. The minimum absolute atomic E-state index is 0.203. The number of hydrogen-bond acceptors (Lipinski definition) is 0. The molecule has 122 valence electrons. The van der Waals surface area contributed by atoms with Gasteiger partial charge in [-0.05, 0) is 12.8 Å². The third-order valence-corrected chi connectivity index (χ3v) is 2.85. The maximum atomic E-state index is 13.2. The number of halogens is 10. The van der Waals surface area contributed by atoms with Crippen molar-refractivity contribution in [3.05, 3.63) is 23.3 Å². The van der Waals surface area contributed by atoms with Crippen molar-refractivity contribution in [3.63, 3.8) is 0 Å². The first-order valence-electron chi connectivity index (χ1n) is 5.41. The van der Waals surface area contributed by atoms with Crippen molar-refractivity contribution in [2.24, 2.45) is 0 Å². The molecule has 0 heterocycles. The lowest BCUT2D eigenvalue weighted by Crippen LogP contribution is -2.41. The summed E-state index contributed by atoms with van der Waals surface area (Å²) in [6.07, 6.45) is -14.5. The molecule has 0 N–H and O–H groups in total. The third-order valence-electron chi connectivity index (χ3n) is 2.85. The Balaban J connectivity index is 3.10. The van der Waals surface area contributed by atoms with E-state index in [1.54, 1.807) is 0 Å². The van der Waals surface area contributed by atoms with Gasteiger partial charge in [0.2, 0.25) is 0 Å². The van der Waals surface area contributed by atoms with E-state index in [-0.39, 0.29) is 12.8 Å². The van der Waals surface area contributed by atoms with Crippen LogP contribution in [0.4, 0.5) is 43.9 Å². The summed E-state index contributed by atoms with van der Waals surface area (Å²) in [7, 11) is 0. The van der Waals surface area contributed by atoms with Crippen LogP contribution < -0.4 is 0 Å². The van der Waals surface area contributed by atoms with Gasteiger partial charge in [0, 0.05) is 17.6 Å². The second-order valence-electron chi connectivity index (χ2n) is 4.51. The number of hydrogen-bond donors (Lipinski definition) is 0. The van der Waals surface area contributed by atoms with Gasteiger partial charge in [0.15, 0.2) is 0 Å². The van der Waals surface area contributed by atoms with Crippen LogP contribution in [0.15, 0.2) is 23.3 Å². The second-order valence-corrected chi connectivity index (χ2v) is 4.51. The first-order valence-corrected chi connectivity index (χ1v) is 5.41. The van der Waals surface area contributed by atoms with Crippen molar-refractivity contribution in [2.75, 3.05) is 0 Å². The van der Waals surface area contributed by atoms with Crippen LogP contribution in [0.2, 0.25) is 0 Å². The van der Waals surface area contributed by atoms with E-state index in [2.05, 4.69) is 6.58 Å². The van der Waals surface area contributed by atoms with Crippen molar-refractivity contribution >= 4 is 0 Å². The summed E-state index contributed by atoms with van der Waals surface area (Å²) in [6.45, 7) is 2.33. The van der Waals surface area contributed by atoms with Crippen molar-refractivity contribution in [3.8, 4) is 0 Å². The molecule has 0 saturated heterocycles. The highest BCUT2D eigenvalue weighted by molar-refractivity contribution is 5.36. The molecule has 0 aromatic heterocycles. The van der Waals surface area contributed by atoms with E-state index >= 15 is 0 Å². The minimum Gasteiger partial charge on any atom is -0.191 e. The monoisotopic (exact) mass is 330 g/mol. The summed E-state index contributed by atoms with van der Waals surface area (Å²) in [5.74, 6) is -11.0. The fraction of sp³-hybridized carbons (Fsp3) is 0.636. The van der Waals surface area contributed by atoms with Gasteiger partial charge < -0.3 is 0 Å². The molecule has 0 aromatic carbocycles. The Morgan fingerprint density at radius 1 is 0.762 bits per heavy atom. The van der Waals surface area contributed by atoms with Gasteiger partial charge in [-0.3, -0.25) is 0 Å². The normalized spacial score (nSPS) is 17.0. The highest BCUT2D eigenvalue weighted by Crippen LogP contribution is 2.51. The summed E-state index contributed by atoms with van der Waals surface area (Å²) in [5.41, 5.74) is -4.30. The molecule has 1 saturated carbocycles. The van der Waals surface area contributed by atoms with Crippen molar-refractivity contribution < 1.29 is 43.9 Å². The van der Waals surface area contributed by atoms with Gasteiger partial charge in [0.05, 0.1) is 0 Å². The smallest absolute Gasteiger partial charge is 0.191 e. The molecular weight excluding hydrogens is 322 g/mol. The van der Waals surface area contributed by atoms with Crippen LogP contribution in [-0.2, 0) is 0 Å². The average molecular weight is 330 g/mol. The molecule has 0 unspecified atom stereocenters. The van der Waals surface area contributed by atoms with Crippen molar-refractivity contribution in [1.29, 1.82) is 0 Å². The van der Waals surface area contributed by atoms with Gasteiger partial charge in [-0.1, -0.05) is 12.2 Å². The highest BCUT2D eigenvalue weighted by Gasteiger charge is 2.64. The molecule has 1 aliphatic rings. The van der Waals surface area contributed by atoms with Crippen molar-refractivity contribution in [1.82, 2.24) is 0 Å². The molecule has 0 spiro atoms. The fourth-order valence-electron chi connectivity index (χ4n) is 1.52. The minimum atomic E-state index is -6.11. The van der Waals surface area contributed by atoms with Gasteiger partial charge in [0.1, 0.15) is 0 Å². The molecular formula is C11H8F10. The van der Waals surface area contributed by atoms with Gasteiger partial charge in [0.25, 0.3) is 0 Å². The van der Waals surface area contributed by atoms with E-state index in [1.807, 2.05) is 0 Å². The maximum absolute atomic E-state index is 13.2. The molecule has 0 radical (unpaired) electrons. The first kappa shape index (κ1) is 17.8. The third kappa shape index (κ3) is 3.34. The van der Waals surface area contributed by atoms with Crippen LogP contribution in [0.3, 0.4) is 0 Å². The molecule has 0 aromatic rings. The summed E-state index contributed by atoms with van der Waals surface area (Å²) < 4.78 is 125. The average Bonchev–Trinajstić information content (AvgIpc) is 3.05. The molecule has 1 fully saturated rings. The van der Waals surface area contributed by atoms with E-state index in [4.69, 9.17) is 0 Å². The molecule has 0 atom stereocenters. The molecule has 1 rings (SSSR count). The van der Waals surface area contributed by atoms with E-state index in [9.17, 15) is 43.9 Å². The van der Waals surface area contributed by atoms with Crippen LogP contribution in [0.1, 0.15) is 19.3 Å². The zero-order valence-corrected chi connectivity index (χ0v) is 10.1. The second kappa shape index (κ2) is 4.91. The zero-order chi connectivity index (χ0) is 16.9. The van der Waals surface area contributed by atoms with Crippen LogP contribution in [0.25, 0.3) is 0 Å². The molecule has 1 aliphatic carbocycles. The Hall–Kier alpha value is -1.22. The Kier molecular flexibility index (Phi) is 4.17. The van der Waals surface area contributed by atoms with Gasteiger partial charge in [-0.25, -0.2) is 0 Å². The lowest BCUT2D eigenvalue weighted by molar-refractivity contribution is -0.270. The van der Waals surface area contributed by atoms with Crippen LogP contribution in [0.5, 0.6) is 0 Å². The Bertz CT molecular complexity index is 456. The fourth-order valence-corrected chi connectivity index (χ4v) is 1.52. The Morgan fingerprint density at radius 2 is 1.14 bits per heavy atom. The highest BCUT2D eigenvalue weighted by atomic mass is 19.4. The van der Waals surface area contributed by atoms with Crippen molar-refractivity contribution in [2.45, 2.75) is 43.5 Å². The molecule has 10 heteroatoms. The Morgan fingerprint density at radius 3 is 1.43 bits per heavy atom. The summed E-state index contributed by atoms with van der Waals surface area (Å²) in [4.78, 5) is 0. The maximum Gasteiger partial charge on any atom is 0.457 e. The SMILES string of the molecule is C=C(CC(=C1CC1)C(F)(F)C(F)(F)F)C(F)(F)C(F)(F)F. The van der Waals surface area contributed by atoms with E-state index in [0.29, 0.717) is 0 Å². The zero-order valence-electron chi connectivity index (χ0n) is 10.1. The van der Waals surface area contributed by atoms with E-state index in [0.717, 1.165) is 0 Å². The van der Waals surface area contributed by atoms with Crippen LogP contribution in [0, 0.1) is 0 Å². The molecule has 0 nitrogen and oxygen atoms in total. The van der Waals surface area contributed by atoms with Crippen LogP contribution in [-0.4, -0.2) is 24.2 Å². The molecule has 21 heavy (non-hydrogen) atoms. The summed E-state index contributed by atoms with van der Waals surface area (Å²) in [5, 5.41) is 0. The topological polar surface area (TPSA) is 0 Å². The number of alkyl halides is 10. The molecule has 0 aliphatic heterocycles. The predicted molar refractivity (Wildman–Crippen MR) is 52.0 cm³/mol. The Labute approximate surface area is 112 Å². The molecule has 0 bridgehead atoms. The first-order chi connectivity index (χ1) is 9.12. The van der Waals surface area contributed by atoms with Crippen LogP contribution >= 0.6 is 0 Å². The van der Waals surface area contributed by atoms with Gasteiger partial charge >= 0.3 is 24.2 Å².